The van der Waals surface area contributed by atoms with Gasteiger partial charge in [-0.1, -0.05) is 12.1 Å². The Balaban J connectivity index is 1.53. The molecule has 1 saturated carbocycles. The molecule has 3 amide bonds. The van der Waals surface area contributed by atoms with Crippen molar-refractivity contribution in [1.29, 1.82) is 0 Å². The average molecular weight is 567 g/mol. The summed E-state index contributed by atoms with van der Waals surface area (Å²) in [4.78, 5) is 44.2. The van der Waals surface area contributed by atoms with E-state index in [0.29, 0.717) is 23.7 Å². The molecule has 9 nitrogen and oxygen atoms in total. The summed E-state index contributed by atoms with van der Waals surface area (Å²) in [5.74, 6) is -2.84. The molecule has 1 N–H and O–H groups in total. The van der Waals surface area contributed by atoms with Crippen LogP contribution in [-0.4, -0.2) is 78.8 Å². The Bertz CT molecular complexity index is 1240. The third kappa shape index (κ3) is 6.99. The molecule has 0 bridgehead atoms. The number of benzene rings is 1. The van der Waals surface area contributed by atoms with Gasteiger partial charge in [0.05, 0.1) is 6.61 Å². The second-order valence-electron chi connectivity index (χ2n) is 10.0. The minimum atomic E-state index is -3.32. The summed E-state index contributed by atoms with van der Waals surface area (Å²) >= 11 is 0. The van der Waals surface area contributed by atoms with Gasteiger partial charge < -0.3 is 24.6 Å². The van der Waals surface area contributed by atoms with Gasteiger partial charge >= 0.3 is 13.0 Å². The molecule has 0 radical (unpaired) electrons. The fraction of sp³-hybridized carbons (Fsp3) is 0.481. The fourth-order valence-electron chi connectivity index (χ4n) is 4.56. The second-order valence-corrected chi connectivity index (χ2v) is 10.0. The van der Waals surface area contributed by atoms with Gasteiger partial charge in [0.25, 0.3) is 11.8 Å². The largest absolute Gasteiger partial charge is 0.489 e. The zero-order valence-corrected chi connectivity index (χ0v) is 22.0. The molecule has 13 heteroatoms. The SMILES string of the molecule is CN(C)C(=O)c1ncccc1CNC(=O)[C@H]1CC(c2ccc(OC(F)F)c(OCC3CC3)c2)CN1C(=O)C(F)F. The van der Waals surface area contributed by atoms with Crippen molar-refractivity contribution in [2.45, 2.75) is 50.8 Å². The molecular formula is C27H30F4N4O5. The molecule has 216 valence electrons. The summed E-state index contributed by atoms with van der Waals surface area (Å²) < 4.78 is 63.0. The first-order valence-corrected chi connectivity index (χ1v) is 12.8. The molecule has 2 atom stereocenters. The van der Waals surface area contributed by atoms with Crippen LogP contribution in [0.3, 0.4) is 0 Å². The van der Waals surface area contributed by atoms with E-state index in [0.717, 1.165) is 17.7 Å². The first kappa shape index (κ1) is 29.1. The maximum absolute atomic E-state index is 13.5. The van der Waals surface area contributed by atoms with Crippen molar-refractivity contribution in [2.24, 2.45) is 5.92 Å². The molecule has 1 aliphatic carbocycles. The van der Waals surface area contributed by atoms with Crippen LogP contribution in [0.25, 0.3) is 0 Å². The summed E-state index contributed by atoms with van der Waals surface area (Å²) in [7, 11) is 3.11. The Hall–Kier alpha value is -3.90. The predicted octanol–water partition coefficient (Wildman–Crippen LogP) is 3.44. The van der Waals surface area contributed by atoms with Crippen molar-refractivity contribution in [2.75, 3.05) is 27.2 Å². The zero-order chi connectivity index (χ0) is 29.0. The molecule has 2 heterocycles. The number of carbonyl (C=O) groups is 3. The number of hydrogen-bond acceptors (Lipinski definition) is 6. The van der Waals surface area contributed by atoms with Crippen LogP contribution in [0.15, 0.2) is 36.5 Å². The predicted molar refractivity (Wildman–Crippen MR) is 134 cm³/mol. The van der Waals surface area contributed by atoms with Crippen molar-refractivity contribution < 1.29 is 41.4 Å². The summed E-state index contributed by atoms with van der Waals surface area (Å²) in [5.41, 5.74) is 1.08. The third-order valence-corrected chi connectivity index (χ3v) is 6.85. The number of amides is 3. The molecule has 2 aromatic rings. The number of nitrogens with zero attached hydrogens (tertiary/aromatic N) is 3. The maximum atomic E-state index is 13.5. The summed E-state index contributed by atoms with van der Waals surface area (Å²) in [6.45, 7) is -3.05. The van der Waals surface area contributed by atoms with E-state index in [4.69, 9.17) is 4.74 Å². The van der Waals surface area contributed by atoms with Gasteiger partial charge in [0.1, 0.15) is 11.7 Å². The van der Waals surface area contributed by atoms with Gasteiger partial charge in [-0.2, -0.15) is 17.6 Å². The number of pyridine rings is 1. The number of halogens is 4. The van der Waals surface area contributed by atoms with Gasteiger partial charge in [0.2, 0.25) is 5.91 Å². The maximum Gasteiger partial charge on any atom is 0.387 e. The van der Waals surface area contributed by atoms with Gasteiger partial charge in [-0.25, -0.2) is 0 Å². The first-order chi connectivity index (χ1) is 19.0. The number of rotatable bonds is 11. The Morgan fingerprint density at radius 1 is 1.12 bits per heavy atom. The normalized spacial score (nSPS) is 18.6. The van der Waals surface area contributed by atoms with Gasteiger partial charge in [0.15, 0.2) is 11.5 Å². The molecular weight excluding hydrogens is 536 g/mol. The highest BCUT2D eigenvalue weighted by molar-refractivity contribution is 5.94. The number of aromatic nitrogens is 1. The van der Waals surface area contributed by atoms with E-state index in [1.54, 1.807) is 26.2 Å². The highest BCUT2D eigenvalue weighted by Gasteiger charge is 2.42. The average Bonchev–Trinajstić information content (AvgIpc) is 3.65. The minimum Gasteiger partial charge on any atom is -0.489 e. The van der Waals surface area contributed by atoms with E-state index in [2.05, 4.69) is 15.0 Å². The number of carbonyl (C=O) groups excluding carboxylic acids is 3. The monoisotopic (exact) mass is 566 g/mol. The van der Waals surface area contributed by atoms with E-state index >= 15 is 0 Å². The van der Waals surface area contributed by atoms with Crippen LogP contribution in [0, 0.1) is 5.92 Å². The quantitative estimate of drug-likeness (QED) is 0.419. The summed E-state index contributed by atoms with van der Waals surface area (Å²) in [6, 6.07) is 6.27. The lowest BCUT2D eigenvalue weighted by Crippen LogP contribution is -2.47. The Morgan fingerprint density at radius 3 is 2.52 bits per heavy atom. The molecule has 40 heavy (non-hydrogen) atoms. The van der Waals surface area contributed by atoms with Gasteiger partial charge in [-0.3, -0.25) is 19.4 Å². The number of alkyl halides is 4. The highest BCUT2D eigenvalue weighted by atomic mass is 19.3. The Kier molecular flexibility index (Phi) is 9.10. The van der Waals surface area contributed by atoms with Gasteiger partial charge in [-0.15, -0.1) is 0 Å². The van der Waals surface area contributed by atoms with Crippen molar-refractivity contribution in [3.05, 3.63) is 53.3 Å². The standard InChI is InChI=1S/C27H30F4N4O5/c1-34(2)25(37)22-17(4-3-9-32-22)12-33-24(36)19-10-18(13-35(19)26(38)23(28)29)16-7-8-20(40-27(30)31)21(11-16)39-14-15-5-6-15/h3-4,7-9,11,15,18-19,23,27H,5-6,10,12-14H2,1-2H3,(H,33,36)/t18?,19-/m1/s1. The lowest BCUT2D eigenvalue weighted by atomic mass is 9.95. The first-order valence-electron chi connectivity index (χ1n) is 12.8. The molecule has 2 aliphatic rings. The lowest BCUT2D eigenvalue weighted by molar-refractivity contribution is -0.147. The minimum absolute atomic E-state index is 0.0118. The Labute approximate surface area is 228 Å². The van der Waals surface area contributed by atoms with Gasteiger partial charge in [0, 0.05) is 44.9 Å². The fourth-order valence-corrected chi connectivity index (χ4v) is 4.56. The van der Waals surface area contributed by atoms with Crippen molar-refractivity contribution in [1.82, 2.24) is 20.1 Å². The zero-order valence-electron chi connectivity index (χ0n) is 22.0. The van der Waals surface area contributed by atoms with Crippen LogP contribution in [-0.2, 0) is 16.1 Å². The molecule has 1 aliphatic heterocycles. The lowest BCUT2D eigenvalue weighted by Gasteiger charge is -2.23. The molecule has 2 fully saturated rings. The smallest absolute Gasteiger partial charge is 0.387 e. The van der Waals surface area contributed by atoms with Gasteiger partial charge in [-0.05, 0) is 48.9 Å². The van der Waals surface area contributed by atoms with Crippen molar-refractivity contribution >= 4 is 17.7 Å². The number of nitrogens with one attached hydrogen (secondary N) is 1. The highest BCUT2D eigenvalue weighted by Crippen LogP contribution is 2.39. The van der Waals surface area contributed by atoms with Crippen molar-refractivity contribution in [3.63, 3.8) is 0 Å². The van der Waals surface area contributed by atoms with Crippen LogP contribution < -0.4 is 14.8 Å². The third-order valence-electron chi connectivity index (χ3n) is 6.85. The molecule has 4 rings (SSSR count). The molecule has 1 unspecified atom stereocenters. The van der Waals surface area contributed by atoms with E-state index in [9.17, 15) is 31.9 Å². The van der Waals surface area contributed by atoms with Crippen LogP contribution in [0.1, 0.15) is 46.8 Å². The van der Waals surface area contributed by atoms with Crippen LogP contribution >= 0.6 is 0 Å². The number of ether oxygens (including phenoxy) is 2. The van der Waals surface area contributed by atoms with Crippen LogP contribution in [0.2, 0.25) is 0 Å². The Morgan fingerprint density at radius 2 is 1.88 bits per heavy atom. The van der Waals surface area contributed by atoms with Crippen LogP contribution in [0.4, 0.5) is 17.6 Å². The second kappa shape index (κ2) is 12.5. The summed E-state index contributed by atoms with van der Waals surface area (Å²) in [6.07, 6.45) is 0.0679. The van der Waals surface area contributed by atoms with E-state index in [1.165, 1.54) is 29.3 Å². The van der Waals surface area contributed by atoms with Crippen molar-refractivity contribution in [3.8, 4) is 11.5 Å². The topological polar surface area (TPSA) is 101 Å². The molecule has 1 aromatic heterocycles. The molecule has 1 saturated heterocycles. The molecule has 0 spiro atoms. The van der Waals surface area contributed by atoms with Crippen LogP contribution in [0.5, 0.6) is 11.5 Å². The van der Waals surface area contributed by atoms with E-state index in [1.807, 2.05) is 0 Å². The van der Waals surface area contributed by atoms with E-state index < -0.39 is 36.8 Å². The summed E-state index contributed by atoms with van der Waals surface area (Å²) in [5, 5.41) is 2.64. The number of hydrogen-bond donors (Lipinski definition) is 1. The van der Waals surface area contributed by atoms with E-state index in [-0.39, 0.29) is 42.6 Å². The molecule has 1 aromatic carbocycles. The number of likely N-dealkylation sites (tertiary alicyclic amines) is 1.